The fraction of sp³-hybridized carbons (Fsp3) is 0.154. The molecule has 0 aliphatic heterocycles. The molecule has 7 heteroatoms. The molecule has 0 saturated heterocycles. The number of benzene rings is 1. The van der Waals surface area contributed by atoms with Gasteiger partial charge in [0.2, 0.25) is 5.91 Å². The van der Waals surface area contributed by atoms with E-state index in [1.807, 2.05) is 53.6 Å². The van der Waals surface area contributed by atoms with E-state index in [1.54, 1.807) is 17.8 Å². The Kier molecular flexibility index (Phi) is 5.80. The van der Waals surface area contributed by atoms with Gasteiger partial charge >= 0.3 is 0 Å². The van der Waals surface area contributed by atoms with Crippen LogP contribution < -0.4 is 4.90 Å². The van der Waals surface area contributed by atoms with Gasteiger partial charge in [0.15, 0.2) is 0 Å². The average Bonchev–Trinajstić information content (AvgIpc) is 3.49. The van der Waals surface area contributed by atoms with Gasteiger partial charge in [0.1, 0.15) is 6.07 Å². The minimum absolute atomic E-state index is 0.182. The lowest BCUT2D eigenvalue weighted by molar-refractivity contribution is -0.113. The number of amides is 1. The van der Waals surface area contributed by atoms with Crippen LogP contribution in [-0.4, -0.2) is 32.3 Å². The zero-order valence-corrected chi connectivity index (χ0v) is 18.6. The third kappa shape index (κ3) is 4.26. The van der Waals surface area contributed by atoms with Crippen LogP contribution in [-0.2, 0) is 4.79 Å². The first-order valence-corrected chi connectivity index (χ1v) is 10.4. The van der Waals surface area contributed by atoms with Gasteiger partial charge in [-0.1, -0.05) is 18.4 Å². The fourth-order valence-electron chi connectivity index (χ4n) is 3.40. The maximum Gasteiger partial charge on any atom is 0.250 e. The van der Waals surface area contributed by atoms with Gasteiger partial charge in [-0.25, -0.2) is 4.52 Å². The molecule has 0 unspecified atom stereocenters. The van der Waals surface area contributed by atoms with Crippen molar-refractivity contribution in [3.05, 3.63) is 84.5 Å². The molecular formula is C26H22N6O. The first-order chi connectivity index (χ1) is 15.9. The number of fused-ring (bicyclic) bond motifs is 1. The Labute approximate surface area is 192 Å². The van der Waals surface area contributed by atoms with Crippen LogP contribution >= 0.6 is 0 Å². The first-order valence-electron chi connectivity index (χ1n) is 10.4. The van der Waals surface area contributed by atoms with Gasteiger partial charge in [0.05, 0.1) is 29.0 Å². The monoisotopic (exact) mass is 434 g/mol. The van der Waals surface area contributed by atoms with Crippen molar-refractivity contribution in [3.8, 4) is 29.0 Å². The van der Waals surface area contributed by atoms with E-state index in [4.69, 9.17) is 0 Å². The van der Waals surface area contributed by atoms with Crippen LogP contribution in [0.15, 0.2) is 67.8 Å². The summed E-state index contributed by atoms with van der Waals surface area (Å²) < 4.78 is 3.58. The Morgan fingerprint density at radius 1 is 1.09 bits per heavy atom. The van der Waals surface area contributed by atoms with Crippen molar-refractivity contribution in [1.82, 2.24) is 19.4 Å². The van der Waals surface area contributed by atoms with Crippen molar-refractivity contribution in [3.63, 3.8) is 0 Å². The van der Waals surface area contributed by atoms with Gasteiger partial charge < -0.3 is 4.90 Å². The summed E-state index contributed by atoms with van der Waals surface area (Å²) in [6, 6.07) is 11.8. The summed E-state index contributed by atoms with van der Waals surface area (Å²) in [5.41, 5.74) is 5.21. The van der Waals surface area contributed by atoms with Crippen molar-refractivity contribution >= 4 is 17.1 Å². The number of hydrogen-bond donors (Lipinski definition) is 0. The number of carbonyl (C=O) groups is 1. The Morgan fingerprint density at radius 3 is 2.48 bits per heavy atom. The lowest BCUT2D eigenvalue weighted by Crippen LogP contribution is -2.23. The van der Waals surface area contributed by atoms with E-state index in [2.05, 4.69) is 48.5 Å². The number of aromatic nitrogens is 4. The molecular weight excluding hydrogens is 412 g/mol. The average molecular weight is 435 g/mol. The maximum atomic E-state index is 11.8. The largest absolute Gasteiger partial charge is 0.312 e. The Bertz CT molecular complexity index is 1450. The first kappa shape index (κ1) is 21.6. The highest BCUT2D eigenvalue weighted by molar-refractivity contribution is 6.00. The van der Waals surface area contributed by atoms with Crippen LogP contribution in [0, 0.1) is 23.2 Å². The normalized spacial score (nSPS) is 10.5. The number of likely N-dealkylation sites (N-methyl/N-ethyl adjacent to an activating group) is 1. The molecule has 3 heterocycles. The highest BCUT2D eigenvalue weighted by Gasteiger charge is 2.12. The van der Waals surface area contributed by atoms with Gasteiger partial charge in [-0.2, -0.15) is 15.5 Å². The molecule has 0 spiro atoms. The smallest absolute Gasteiger partial charge is 0.250 e. The molecule has 0 aliphatic carbocycles. The zero-order valence-electron chi connectivity index (χ0n) is 18.6. The third-order valence-corrected chi connectivity index (χ3v) is 5.30. The number of anilines is 1. The molecule has 0 atom stereocenters. The highest BCUT2D eigenvalue weighted by Crippen LogP contribution is 2.25. The van der Waals surface area contributed by atoms with Crippen LogP contribution in [0.2, 0.25) is 0 Å². The molecule has 1 amide bonds. The van der Waals surface area contributed by atoms with Crippen molar-refractivity contribution in [2.24, 2.45) is 0 Å². The summed E-state index contributed by atoms with van der Waals surface area (Å²) in [5, 5.41) is 18.3. The molecule has 0 fully saturated rings. The molecule has 0 N–H and O–H groups in total. The lowest BCUT2D eigenvalue weighted by atomic mass is 10.1. The number of nitrogens with zero attached hydrogens (tertiary/aromatic N) is 6. The van der Waals surface area contributed by atoms with Crippen LogP contribution in [0.4, 0.5) is 5.69 Å². The van der Waals surface area contributed by atoms with Crippen LogP contribution in [0.25, 0.3) is 16.6 Å². The maximum absolute atomic E-state index is 11.8. The van der Waals surface area contributed by atoms with E-state index in [1.165, 1.54) is 11.0 Å². The zero-order chi connectivity index (χ0) is 23.5. The standard InChI is InChI=1S/C26H22N6O/c1-5-25(33)30(4)24-10-7-19(8-11-24)6-9-20-12-21(23-15-28-31(17-23)18(2)3)16-32-26(20)22(13-27)14-29-32/h5,7-8,10-12,14-18H,1H2,2-4H3. The number of pyridine rings is 1. The van der Waals surface area contributed by atoms with E-state index in [0.717, 1.165) is 22.4 Å². The third-order valence-electron chi connectivity index (χ3n) is 5.30. The minimum atomic E-state index is -0.182. The molecule has 0 radical (unpaired) electrons. The van der Waals surface area contributed by atoms with Crippen molar-refractivity contribution in [1.29, 1.82) is 5.26 Å². The van der Waals surface area contributed by atoms with Crippen LogP contribution in [0.3, 0.4) is 0 Å². The number of rotatable bonds is 4. The SMILES string of the molecule is C=CC(=O)N(C)c1ccc(C#Cc2cc(-c3cnn(C(C)C)c3)cn3ncc(C#N)c23)cc1. The highest BCUT2D eigenvalue weighted by atomic mass is 16.2. The molecule has 1 aromatic carbocycles. The summed E-state index contributed by atoms with van der Waals surface area (Å²) >= 11 is 0. The fourth-order valence-corrected chi connectivity index (χ4v) is 3.40. The quantitative estimate of drug-likeness (QED) is 0.356. The Hall–Kier alpha value is -4.62. The van der Waals surface area contributed by atoms with E-state index >= 15 is 0 Å². The molecule has 0 aliphatic rings. The lowest BCUT2D eigenvalue weighted by Gasteiger charge is -2.14. The summed E-state index contributed by atoms with van der Waals surface area (Å²) in [6.45, 7) is 7.65. The van der Waals surface area contributed by atoms with Gasteiger partial charge in [0.25, 0.3) is 0 Å². The minimum Gasteiger partial charge on any atom is -0.312 e. The predicted molar refractivity (Wildman–Crippen MR) is 128 cm³/mol. The van der Waals surface area contributed by atoms with Gasteiger partial charge in [0, 0.05) is 47.9 Å². The number of hydrogen-bond acceptors (Lipinski definition) is 4. The van der Waals surface area contributed by atoms with E-state index in [0.29, 0.717) is 16.6 Å². The summed E-state index contributed by atoms with van der Waals surface area (Å²) in [4.78, 5) is 13.3. The second kappa shape index (κ2) is 8.86. The number of nitriles is 1. The molecule has 7 nitrogen and oxygen atoms in total. The van der Waals surface area contributed by atoms with E-state index < -0.39 is 0 Å². The second-order valence-electron chi connectivity index (χ2n) is 7.81. The van der Waals surface area contributed by atoms with Crippen molar-refractivity contribution in [2.45, 2.75) is 19.9 Å². The molecule has 33 heavy (non-hydrogen) atoms. The van der Waals surface area contributed by atoms with Crippen LogP contribution in [0.5, 0.6) is 0 Å². The summed E-state index contributed by atoms with van der Waals surface area (Å²) in [5.74, 6) is 6.18. The molecule has 0 bridgehead atoms. The topological polar surface area (TPSA) is 79.2 Å². The summed E-state index contributed by atoms with van der Waals surface area (Å²) in [6.07, 6.45) is 8.49. The van der Waals surface area contributed by atoms with Gasteiger partial charge in [-0.15, -0.1) is 0 Å². The molecule has 3 aromatic heterocycles. The molecule has 0 saturated carbocycles. The molecule has 4 rings (SSSR count). The van der Waals surface area contributed by atoms with E-state index in [-0.39, 0.29) is 11.9 Å². The molecule has 162 valence electrons. The van der Waals surface area contributed by atoms with Gasteiger partial charge in [-0.3, -0.25) is 9.48 Å². The predicted octanol–water partition coefficient (Wildman–Crippen LogP) is 4.20. The number of carbonyl (C=O) groups excluding carboxylic acids is 1. The van der Waals surface area contributed by atoms with Crippen LogP contribution in [0.1, 0.15) is 36.6 Å². The van der Waals surface area contributed by atoms with Crippen molar-refractivity contribution < 1.29 is 4.79 Å². The Balaban J connectivity index is 1.75. The Morgan fingerprint density at radius 2 is 1.85 bits per heavy atom. The molecule has 4 aromatic rings. The second-order valence-corrected chi connectivity index (χ2v) is 7.81. The van der Waals surface area contributed by atoms with Gasteiger partial charge in [-0.05, 0) is 50.3 Å². The van der Waals surface area contributed by atoms with E-state index in [9.17, 15) is 10.1 Å². The van der Waals surface area contributed by atoms with Crippen molar-refractivity contribution in [2.75, 3.05) is 11.9 Å². The summed E-state index contributed by atoms with van der Waals surface area (Å²) in [7, 11) is 1.69.